The molecule has 4 rings (SSSR count). The highest BCUT2D eigenvalue weighted by atomic mass is 16.5. The molecule has 0 bridgehead atoms. The van der Waals surface area contributed by atoms with Crippen molar-refractivity contribution in [1.29, 1.82) is 0 Å². The number of carbonyl (C=O) groups excluding carboxylic acids is 1. The van der Waals surface area contributed by atoms with E-state index in [2.05, 4.69) is 69.3 Å². The maximum atomic E-state index is 13.3. The predicted octanol–water partition coefficient (Wildman–Crippen LogP) is 6.00. The monoisotopic (exact) mass is 376 g/mol. The lowest BCUT2D eigenvalue weighted by molar-refractivity contribution is -0.158. The van der Waals surface area contributed by atoms with Gasteiger partial charge in [-0.3, -0.25) is 4.79 Å². The first-order chi connectivity index (χ1) is 13.5. The Bertz CT molecular complexity index is 756. The van der Waals surface area contributed by atoms with Crippen LogP contribution in [0.5, 0.6) is 0 Å². The van der Waals surface area contributed by atoms with Crippen LogP contribution in [0.4, 0.5) is 0 Å². The minimum absolute atomic E-state index is 0.00236. The number of carbonyl (C=O) groups is 1. The first kappa shape index (κ1) is 19.2. The van der Waals surface area contributed by atoms with Crippen LogP contribution in [0.1, 0.15) is 57.6 Å². The van der Waals surface area contributed by atoms with Crippen LogP contribution in [-0.4, -0.2) is 12.1 Å². The van der Waals surface area contributed by atoms with Crippen molar-refractivity contribution in [3.63, 3.8) is 0 Å². The topological polar surface area (TPSA) is 26.3 Å². The fourth-order valence-electron chi connectivity index (χ4n) is 5.30. The minimum Gasteiger partial charge on any atom is -0.462 e. The Hall–Kier alpha value is -2.09. The first-order valence-corrected chi connectivity index (χ1v) is 10.8. The molecule has 2 aromatic rings. The molecule has 0 radical (unpaired) electrons. The molecule has 0 amide bonds. The Morgan fingerprint density at radius 2 is 1.54 bits per heavy atom. The standard InChI is InChI=1S/C26H32O2/c1-18(2)22-15-14-19(3)16-24(22)28-25(27)23-17-26(23,20-10-6-4-7-11-20)21-12-8-5-9-13-21/h4-13,18-19,22-24H,14-17H2,1-3H3/t19-,22+,23+,24-/m0/s1. The van der Waals surface area contributed by atoms with Crippen molar-refractivity contribution >= 4 is 5.97 Å². The molecule has 0 aliphatic heterocycles. The Labute approximate surface area is 169 Å². The molecule has 0 spiro atoms. The van der Waals surface area contributed by atoms with Gasteiger partial charge in [0.1, 0.15) is 6.10 Å². The van der Waals surface area contributed by atoms with Gasteiger partial charge in [0.2, 0.25) is 0 Å². The van der Waals surface area contributed by atoms with Gasteiger partial charge in [-0.2, -0.15) is 0 Å². The fraction of sp³-hybridized carbons (Fsp3) is 0.500. The molecule has 0 unspecified atom stereocenters. The Morgan fingerprint density at radius 3 is 2.07 bits per heavy atom. The summed E-state index contributed by atoms with van der Waals surface area (Å²) >= 11 is 0. The van der Waals surface area contributed by atoms with Gasteiger partial charge in [0.25, 0.3) is 0 Å². The lowest BCUT2D eigenvalue weighted by atomic mass is 9.75. The molecule has 28 heavy (non-hydrogen) atoms. The molecule has 2 heteroatoms. The zero-order chi connectivity index (χ0) is 19.7. The van der Waals surface area contributed by atoms with E-state index < -0.39 is 0 Å². The van der Waals surface area contributed by atoms with Gasteiger partial charge in [-0.15, -0.1) is 0 Å². The summed E-state index contributed by atoms with van der Waals surface area (Å²) in [6.45, 7) is 6.81. The molecule has 148 valence electrons. The summed E-state index contributed by atoms with van der Waals surface area (Å²) < 4.78 is 6.22. The van der Waals surface area contributed by atoms with Crippen LogP contribution < -0.4 is 0 Å². The average molecular weight is 377 g/mol. The third kappa shape index (κ3) is 3.50. The summed E-state index contributed by atoms with van der Waals surface area (Å²) in [4.78, 5) is 13.3. The molecule has 2 aliphatic rings. The number of rotatable bonds is 5. The fourth-order valence-corrected chi connectivity index (χ4v) is 5.30. The van der Waals surface area contributed by atoms with E-state index >= 15 is 0 Å². The smallest absolute Gasteiger partial charge is 0.310 e. The molecule has 0 N–H and O–H groups in total. The van der Waals surface area contributed by atoms with Crippen molar-refractivity contribution in [2.24, 2.45) is 23.7 Å². The summed E-state index contributed by atoms with van der Waals surface area (Å²) in [6, 6.07) is 21.0. The zero-order valence-corrected chi connectivity index (χ0v) is 17.3. The number of hydrogen-bond acceptors (Lipinski definition) is 2. The van der Waals surface area contributed by atoms with Gasteiger partial charge in [0.05, 0.1) is 5.92 Å². The van der Waals surface area contributed by atoms with Crippen molar-refractivity contribution in [3.05, 3.63) is 71.8 Å². The third-order valence-electron chi connectivity index (χ3n) is 7.05. The van der Waals surface area contributed by atoms with Gasteiger partial charge >= 0.3 is 5.97 Å². The summed E-state index contributed by atoms with van der Waals surface area (Å²) in [7, 11) is 0. The van der Waals surface area contributed by atoms with Crippen molar-refractivity contribution in [1.82, 2.24) is 0 Å². The Balaban J connectivity index is 1.58. The van der Waals surface area contributed by atoms with E-state index in [0.717, 1.165) is 12.8 Å². The van der Waals surface area contributed by atoms with E-state index in [1.165, 1.54) is 24.0 Å². The lowest BCUT2D eigenvalue weighted by Crippen LogP contribution is -2.36. The van der Waals surface area contributed by atoms with Crippen molar-refractivity contribution in [2.75, 3.05) is 0 Å². The van der Waals surface area contributed by atoms with Crippen LogP contribution in [0.25, 0.3) is 0 Å². The second-order valence-electron chi connectivity index (χ2n) is 9.26. The van der Waals surface area contributed by atoms with Gasteiger partial charge in [-0.1, -0.05) is 87.9 Å². The quantitative estimate of drug-likeness (QED) is 0.599. The van der Waals surface area contributed by atoms with E-state index in [1.807, 2.05) is 12.1 Å². The number of hydrogen-bond donors (Lipinski definition) is 0. The second-order valence-corrected chi connectivity index (χ2v) is 9.26. The highest BCUT2D eigenvalue weighted by Gasteiger charge is 2.61. The van der Waals surface area contributed by atoms with Crippen molar-refractivity contribution in [3.8, 4) is 0 Å². The molecule has 2 nitrogen and oxygen atoms in total. The average Bonchev–Trinajstić information content (AvgIpc) is 3.46. The number of esters is 1. The van der Waals surface area contributed by atoms with Gasteiger partial charge < -0.3 is 4.74 Å². The van der Waals surface area contributed by atoms with Crippen LogP contribution >= 0.6 is 0 Å². The van der Waals surface area contributed by atoms with Crippen LogP contribution in [0.15, 0.2) is 60.7 Å². The zero-order valence-electron chi connectivity index (χ0n) is 17.3. The van der Waals surface area contributed by atoms with E-state index in [9.17, 15) is 4.79 Å². The molecule has 2 aromatic carbocycles. The molecule has 4 atom stereocenters. The summed E-state index contributed by atoms with van der Waals surface area (Å²) in [6.07, 6.45) is 4.34. The number of benzene rings is 2. The van der Waals surface area contributed by atoms with Crippen LogP contribution in [0.3, 0.4) is 0 Å². The maximum Gasteiger partial charge on any atom is 0.310 e. The van der Waals surface area contributed by atoms with Crippen LogP contribution in [0.2, 0.25) is 0 Å². The second kappa shape index (κ2) is 7.73. The van der Waals surface area contributed by atoms with Crippen molar-refractivity contribution in [2.45, 2.75) is 58.0 Å². The molecule has 2 aliphatic carbocycles. The van der Waals surface area contributed by atoms with Gasteiger partial charge in [-0.25, -0.2) is 0 Å². The maximum absolute atomic E-state index is 13.3. The van der Waals surface area contributed by atoms with Gasteiger partial charge in [0.15, 0.2) is 0 Å². The number of ether oxygens (including phenoxy) is 1. The molecule has 2 fully saturated rings. The molecular formula is C26H32O2. The van der Waals surface area contributed by atoms with E-state index in [4.69, 9.17) is 4.74 Å². The summed E-state index contributed by atoms with van der Waals surface area (Å²) in [5.74, 6) is 1.60. The normalized spacial score (nSPS) is 28.7. The Kier molecular flexibility index (Phi) is 5.31. The largest absolute Gasteiger partial charge is 0.462 e. The summed E-state index contributed by atoms with van der Waals surface area (Å²) in [5, 5.41) is 0. The Morgan fingerprint density at radius 1 is 0.964 bits per heavy atom. The highest BCUT2D eigenvalue weighted by Crippen LogP contribution is 2.59. The minimum atomic E-state index is -0.229. The third-order valence-corrected chi connectivity index (χ3v) is 7.05. The van der Waals surface area contributed by atoms with Gasteiger partial charge in [0, 0.05) is 5.41 Å². The summed E-state index contributed by atoms with van der Waals surface area (Å²) in [5.41, 5.74) is 2.22. The highest BCUT2D eigenvalue weighted by molar-refractivity contribution is 5.81. The van der Waals surface area contributed by atoms with E-state index in [0.29, 0.717) is 17.8 Å². The van der Waals surface area contributed by atoms with E-state index in [1.54, 1.807) is 0 Å². The van der Waals surface area contributed by atoms with Crippen molar-refractivity contribution < 1.29 is 9.53 Å². The molecule has 0 saturated heterocycles. The molecule has 0 aromatic heterocycles. The molecular weight excluding hydrogens is 344 g/mol. The van der Waals surface area contributed by atoms with E-state index in [-0.39, 0.29) is 23.4 Å². The molecule has 2 saturated carbocycles. The first-order valence-electron chi connectivity index (χ1n) is 10.8. The molecule has 0 heterocycles. The SMILES string of the molecule is CC(C)[C@H]1CC[C@H](C)C[C@@H]1OC(=O)[C@H]1CC1(c1ccccc1)c1ccccc1. The van der Waals surface area contributed by atoms with Crippen LogP contribution in [0, 0.1) is 23.7 Å². The van der Waals surface area contributed by atoms with Gasteiger partial charge in [-0.05, 0) is 48.1 Å². The predicted molar refractivity (Wildman–Crippen MR) is 113 cm³/mol. The van der Waals surface area contributed by atoms with Crippen LogP contribution in [-0.2, 0) is 14.9 Å². The lowest BCUT2D eigenvalue weighted by Gasteiger charge is -2.37.